The molecule has 1 aromatic heterocycles. The topological polar surface area (TPSA) is 29.9 Å². The number of aromatic nitrogens is 2. The zero-order chi connectivity index (χ0) is 10.7. The Balaban J connectivity index is 2.05. The summed E-state index contributed by atoms with van der Waals surface area (Å²) in [6.45, 7) is 3.48. The van der Waals surface area contributed by atoms with Crippen LogP contribution in [0.4, 0.5) is 0 Å². The molecule has 1 aliphatic heterocycles. The Kier molecular flexibility index (Phi) is 3.10. The van der Waals surface area contributed by atoms with Crippen LogP contribution in [0, 0.1) is 0 Å². The number of aryl methyl sites for hydroxylation is 1. The van der Waals surface area contributed by atoms with Crippen molar-refractivity contribution in [3.8, 4) is 0 Å². The van der Waals surface area contributed by atoms with Gasteiger partial charge in [0.05, 0.1) is 0 Å². The van der Waals surface area contributed by atoms with Crippen molar-refractivity contribution in [3.05, 3.63) is 18.2 Å². The molecule has 0 saturated carbocycles. The predicted octanol–water partition coefficient (Wildman–Crippen LogP) is 1.88. The van der Waals surface area contributed by atoms with Crippen molar-refractivity contribution in [2.45, 2.75) is 44.6 Å². The average Bonchev–Trinajstić information content (AvgIpc) is 2.48. The van der Waals surface area contributed by atoms with Gasteiger partial charge in [-0.3, -0.25) is 0 Å². The third kappa shape index (κ3) is 2.59. The number of hydrogen-bond donors (Lipinski definition) is 1. The molecular formula is C12H21N3. The van der Waals surface area contributed by atoms with Crippen LogP contribution in [-0.4, -0.2) is 21.6 Å². The molecule has 1 unspecified atom stereocenters. The zero-order valence-electron chi connectivity index (χ0n) is 9.79. The highest BCUT2D eigenvalue weighted by molar-refractivity contribution is 5.00. The molecule has 0 aliphatic carbocycles. The Morgan fingerprint density at radius 3 is 3.07 bits per heavy atom. The van der Waals surface area contributed by atoms with E-state index in [-0.39, 0.29) is 5.54 Å². The fraction of sp³-hybridized carbons (Fsp3) is 0.750. The molecule has 2 heterocycles. The van der Waals surface area contributed by atoms with Crippen molar-refractivity contribution in [2.75, 3.05) is 6.54 Å². The third-order valence-corrected chi connectivity index (χ3v) is 3.43. The van der Waals surface area contributed by atoms with E-state index in [0.717, 1.165) is 13.0 Å². The summed E-state index contributed by atoms with van der Waals surface area (Å²) >= 11 is 0. The van der Waals surface area contributed by atoms with Crippen LogP contribution in [0.25, 0.3) is 0 Å². The molecule has 0 amide bonds. The molecule has 1 N–H and O–H groups in total. The molecule has 84 valence electrons. The maximum absolute atomic E-state index is 4.41. The second kappa shape index (κ2) is 4.35. The molecule has 0 aromatic carbocycles. The lowest BCUT2D eigenvalue weighted by atomic mass is 9.92. The van der Waals surface area contributed by atoms with E-state index < -0.39 is 0 Å². The molecule has 0 bridgehead atoms. The second-order valence-corrected chi connectivity index (χ2v) is 4.93. The van der Waals surface area contributed by atoms with Gasteiger partial charge in [0.15, 0.2) is 0 Å². The Morgan fingerprint density at radius 1 is 1.47 bits per heavy atom. The van der Waals surface area contributed by atoms with Gasteiger partial charge in [-0.05, 0) is 26.3 Å². The quantitative estimate of drug-likeness (QED) is 0.802. The molecule has 15 heavy (non-hydrogen) atoms. The van der Waals surface area contributed by atoms with E-state index in [1.807, 2.05) is 12.4 Å². The fourth-order valence-corrected chi connectivity index (χ4v) is 2.36. The van der Waals surface area contributed by atoms with Crippen molar-refractivity contribution >= 4 is 0 Å². The summed E-state index contributed by atoms with van der Waals surface area (Å²) in [5.41, 5.74) is 0.246. The molecule has 1 aromatic rings. The summed E-state index contributed by atoms with van der Waals surface area (Å²) in [5, 5.41) is 3.67. The lowest BCUT2D eigenvalue weighted by Gasteiger charge is -2.29. The summed E-state index contributed by atoms with van der Waals surface area (Å²) in [6, 6.07) is 0. The molecule has 1 fully saturated rings. The van der Waals surface area contributed by atoms with Crippen LogP contribution in [0.15, 0.2) is 12.4 Å². The molecule has 1 aliphatic rings. The number of nitrogens with zero attached hydrogens (tertiary/aromatic N) is 2. The van der Waals surface area contributed by atoms with Crippen LogP contribution in [0.5, 0.6) is 0 Å². The Labute approximate surface area is 91.9 Å². The maximum Gasteiger partial charge on any atom is 0.110 e. The van der Waals surface area contributed by atoms with Crippen molar-refractivity contribution in [1.29, 1.82) is 0 Å². The summed E-state index contributed by atoms with van der Waals surface area (Å²) in [7, 11) is 2.07. The summed E-state index contributed by atoms with van der Waals surface area (Å²) in [4.78, 5) is 4.41. The lowest BCUT2D eigenvalue weighted by Crippen LogP contribution is -2.44. The van der Waals surface area contributed by atoms with Gasteiger partial charge in [-0.2, -0.15) is 0 Å². The van der Waals surface area contributed by atoms with Gasteiger partial charge < -0.3 is 9.88 Å². The third-order valence-electron chi connectivity index (χ3n) is 3.43. The van der Waals surface area contributed by atoms with Crippen LogP contribution in [0.1, 0.15) is 38.4 Å². The molecule has 2 rings (SSSR count). The molecule has 0 spiro atoms. The van der Waals surface area contributed by atoms with Gasteiger partial charge in [0.25, 0.3) is 0 Å². The van der Waals surface area contributed by atoms with E-state index in [4.69, 9.17) is 0 Å². The Hall–Kier alpha value is -0.830. The second-order valence-electron chi connectivity index (χ2n) is 4.93. The van der Waals surface area contributed by atoms with Crippen molar-refractivity contribution in [2.24, 2.45) is 7.05 Å². The highest BCUT2D eigenvalue weighted by Crippen LogP contribution is 2.22. The van der Waals surface area contributed by atoms with E-state index in [2.05, 4.69) is 28.8 Å². The van der Waals surface area contributed by atoms with Crippen LogP contribution in [-0.2, 0) is 13.5 Å². The first-order valence-electron chi connectivity index (χ1n) is 5.91. The van der Waals surface area contributed by atoms with Crippen LogP contribution >= 0.6 is 0 Å². The van der Waals surface area contributed by atoms with Crippen molar-refractivity contribution in [1.82, 2.24) is 14.9 Å². The first-order valence-corrected chi connectivity index (χ1v) is 5.91. The van der Waals surface area contributed by atoms with Gasteiger partial charge in [0, 0.05) is 31.4 Å². The fourth-order valence-electron chi connectivity index (χ4n) is 2.36. The number of rotatable bonds is 2. The van der Waals surface area contributed by atoms with E-state index in [1.165, 1.54) is 31.5 Å². The van der Waals surface area contributed by atoms with Crippen LogP contribution < -0.4 is 5.32 Å². The molecule has 3 nitrogen and oxygen atoms in total. The van der Waals surface area contributed by atoms with E-state index in [0.29, 0.717) is 0 Å². The summed E-state index contributed by atoms with van der Waals surface area (Å²) in [6.07, 6.45) is 10.2. The molecule has 1 saturated heterocycles. The standard InChI is InChI=1S/C12H21N3/c1-12(6-4-3-5-7-14-12)10-11-13-8-9-15(11)2/h8-9,14H,3-7,10H2,1-2H3. The van der Waals surface area contributed by atoms with Crippen LogP contribution in [0.2, 0.25) is 0 Å². The largest absolute Gasteiger partial charge is 0.338 e. The monoisotopic (exact) mass is 207 g/mol. The SMILES string of the molecule is Cn1ccnc1CC1(C)CCCCCN1. The summed E-state index contributed by atoms with van der Waals surface area (Å²) < 4.78 is 2.12. The van der Waals surface area contributed by atoms with E-state index >= 15 is 0 Å². The zero-order valence-corrected chi connectivity index (χ0v) is 9.79. The number of hydrogen-bond acceptors (Lipinski definition) is 2. The highest BCUT2D eigenvalue weighted by atomic mass is 15.1. The molecule has 3 heteroatoms. The molecule has 1 atom stereocenters. The Morgan fingerprint density at radius 2 is 2.33 bits per heavy atom. The lowest BCUT2D eigenvalue weighted by molar-refractivity contribution is 0.336. The summed E-state index contributed by atoms with van der Waals surface area (Å²) in [5.74, 6) is 1.19. The van der Waals surface area contributed by atoms with Gasteiger partial charge in [0.1, 0.15) is 5.82 Å². The number of nitrogens with one attached hydrogen (secondary N) is 1. The van der Waals surface area contributed by atoms with Crippen LogP contribution in [0.3, 0.4) is 0 Å². The smallest absolute Gasteiger partial charge is 0.110 e. The van der Waals surface area contributed by atoms with Crippen molar-refractivity contribution in [3.63, 3.8) is 0 Å². The first kappa shape index (κ1) is 10.7. The first-order chi connectivity index (χ1) is 7.20. The van der Waals surface area contributed by atoms with Crippen molar-refractivity contribution < 1.29 is 0 Å². The Bertz CT molecular complexity index is 308. The van der Waals surface area contributed by atoms with E-state index in [1.54, 1.807) is 0 Å². The average molecular weight is 207 g/mol. The highest BCUT2D eigenvalue weighted by Gasteiger charge is 2.26. The minimum atomic E-state index is 0.246. The minimum absolute atomic E-state index is 0.246. The number of imidazole rings is 1. The predicted molar refractivity (Wildman–Crippen MR) is 61.8 cm³/mol. The molecule has 0 radical (unpaired) electrons. The molecular weight excluding hydrogens is 186 g/mol. The minimum Gasteiger partial charge on any atom is -0.338 e. The maximum atomic E-state index is 4.41. The van der Waals surface area contributed by atoms with Gasteiger partial charge in [0.2, 0.25) is 0 Å². The van der Waals surface area contributed by atoms with Gasteiger partial charge >= 0.3 is 0 Å². The van der Waals surface area contributed by atoms with Gasteiger partial charge in [-0.15, -0.1) is 0 Å². The van der Waals surface area contributed by atoms with Gasteiger partial charge in [-0.25, -0.2) is 4.98 Å². The normalized spacial score (nSPS) is 27.6. The van der Waals surface area contributed by atoms with Gasteiger partial charge in [-0.1, -0.05) is 12.8 Å². The van der Waals surface area contributed by atoms with E-state index in [9.17, 15) is 0 Å².